The second-order valence-corrected chi connectivity index (χ2v) is 14.1. The summed E-state index contributed by atoms with van der Waals surface area (Å²) in [5.41, 5.74) is -0.0423. The molecule has 0 saturated carbocycles. The number of piperazine rings is 1. The van der Waals surface area contributed by atoms with Crippen LogP contribution in [0.5, 0.6) is 17.6 Å². The van der Waals surface area contributed by atoms with E-state index in [1.54, 1.807) is 6.92 Å². The van der Waals surface area contributed by atoms with Gasteiger partial charge in [-0.1, -0.05) is 12.6 Å². The van der Waals surface area contributed by atoms with Crippen LogP contribution in [-0.4, -0.2) is 81.5 Å². The number of allylic oxidation sites excluding steroid dienone is 1. The summed E-state index contributed by atoms with van der Waals surface area (Å²) in [7, 11) is 0. The first kappa shape index (κ1) is 30.6. The zero-order valence-corrected chi connectivity index (χ0v) is 26.8. The van der Waals surface area contributed by atoms with Crippen molar-refractivity contribution >= 4 is 33.1 Å². The van der Waals surface area contributed by atoms with E-state index in [0.29, 0.717) is 47.1 Å². The molecule has 254 valence electrons. The molecular weight excluding hydrogens is 640 g/mol. The third-order valence-corrected chi connectivity index (χ3v) is 11.1. The van der Waals surface area contributed by atoms with Gasteiger partial charge in [-0.05, 0) is 74.7 Å². The van der Waals surface area contributed by atoms with Crippen molar-refractivity contribution in [1.82, 2.24) is 25.2 Å². The van der Waals surface area contributed by atoms with Crippen molar-refractivity contribution in [3.63, 3.8) is 0 Å². The Morgan fingerprint density at radius 3 is 2.84 bits per heavy atom. The van der Waals surface area contributed by atoms with Gasteiger partial charge in [-0.2, -0.15) is 18.7 Å². The van der Waals surface area contributed by atoms with Gasteiger partial charge in [-0.3, -0.25) is 4.90 Å². The highest BCUT2D eigenvalue weighted by Crippen LogP contribution is 2.46. The van der Waals surface area contributed by atoms with E-state index in [-0.39, 0.29) is 89.9 Å². The molecule has 5 aliphatic rings. The Bertz CT molecular complexity index is 2120. The number of aromatic hydroxyl groups is 1. The topological polar surface area (TPSA) is 95.9 Å². The number of aromatic nitrogens is 3. The molecule has 0 amide bonds. The van der Waals surface area contributed by atoms with Crippen molar-refractivity contribution in [2.75, 3.05) is 37.7 Å². The lowest BCUT2D eigenvalue weighted by Gasteiger charge is -2.40. The Balaban J connectivity index is 1.24. The van der Waals surface area contributed by atoms with E-state index >= 15 is 8.78 Å². The van der Waals surface area contributed by atoms with Gasteiger partial charge in [0.15, 0.2) is 5.82 Å². The number of phenolic OH excluding ortho intramolecular Hbond substituents is 1. The number of nitrogens with one attached hydrogen (secondary N) is 1. The molecular formula is C36H34F4N6O3. The van der Waals surface area contributed by atoms with Crippen molar-refractivity contribution in [3.05, 3.63) is 59.7 Å². The van der Waals surface area contributed by atoms with Gasteiger partial charge < -0.3 is 24.8 Å². The number of fused-ring (bicyclic) bond motifs is 7. The third-order valence-electron chi connectivity index (χ3n) is 11.1. The second kappa shape index (κ2) is 11.0. The summed E-state index contributed by atoms with van der Waals surface area (Å²) in [6.07, 6.45) is 2.00. The summed E-state index contributed by atoms with van der Waals surface area (Å²) in [4.78, 5) is 18.3. The Morgan fingerprint density at radius 2 is 2.02 bits per heavy atom. The SMILES string of the molecule is C=C(C)c1c(F)ccc2cc(O)cc(-c3nc4c5c(nc(OCC67CCCN6CC(=C(F)F)C7)nc5c3F)N3C[C@@H]5CC[C@@H](N5)C3CO4)c12. The molecule has 9 rings (SSSR count). The lowest BCUT2D eigenvalue weighted by atomic mass is 9.93. The van der Waals surface area contributed by atoms with Crippen LogP contribution in [0.3, 0.4) is 0 Å². The number of hydrogen-bond acceptors (Lipinski definition) is 9. The number of nitrogens with zero attached hydrogens (tertiary/aromatic N) is 5. The van der Waals surface area contributed by atoms with E-state index in [4.69, 9.17) is 19.4 Å². The van der Waals surface area contributed by atoms with Crippen LogP contribution in [0.2, 0.25) is 0 Å². The van der Waals surface area contributed by atoms with E-state index in [0.717, 1.165) is 19.3 Å². The molecule has 2 bridgehead atoms. The van der Waals surface area contributed by atoms with Gasteiger partial charge in [-0.25, -0.2) is 13.8 Å². The predicted molar refractivity (Wildman–Crippen MR) is 176 cm³/mol. The van der Waals surface area contributed by atoms with Crippen molar-refractivity contribution in [1.29, 1.82) is 0 Å². The quantitative estimate of drug-likeness (QED) is 0.236. The molecule has 0 radical (unpaired) electrons. The summed E-state index contributed by atoms with van der Waals surface area (Å²) >= 11 is 0. The van der Waals surface area contributed by atoms with Crippen LogP contribution < -0.4 is 19.7 Å². The number of anilines is 1. The maximum atomic E-state index is 17.2. The maximum Gasteiger partial charge on any atom is 0.319 e. The van der Waals surface area contributed by atoms with Gasteiger partial charge in [0.05, 0.1) is 11.6 Å². The molecule has 4 saturated heterocycles. The average molecular weight is 675 g/mol. The molecule has 5 aliphatic heterocycles. The summed E-state index contributed by atoms with van der Waals surface area (Å²) in [5, 5.41) is 15.5. The molecule has 2 aromatic heterocycles. The van der Waals surface area contributed by atoms with Gasteiger partial charge in [0, 0.05) is 47.3 Å². The summed E-state index contributed by atoms with van der Waals surface area (Å²) in [6, 6.07) is 5.76. The Labute approximate surface area is 279 Å². The van der Waals surface area contributed by atoms with Gasteiger partial charge >= 0.3 is 6.01 Å². The van der Waals surface area contributed by atoms with Crippen LogP contribution in [0.4, 0.5) is 23.4 Å². The van der Waals surface area contributed by atoms with E-state index in [9.17, 15) is 13.9 Å². The zero-order chi connectivity index (χ0) is 33.8. The first-order valence-electron chi connectivity index (χ1n) is 16.7. The lowest BCUT2D eigenvalue weighted by molar-refractivity contribution is 0.108. The largest absolute Gasteiger partial charge is 0.508 e. The van der Waals surface area contributed by atoms with Crippen LogP contribution in [0.25, 0.3) is 38.5 Å². The number of pyridine rings is 1. The minimum Gasteiger partial charge on any atom is -0.508 e. The van der Waals surface area contributed by atoms with E-state index in [2.05, 4.69) is 21.8 Å². The van der Waals surface area contributed by atoms with Gasteiger partial charge in [0.25, 0.3) is 6.08 Å². The van der Waals surface area contributed by atoms with Gasteiger partial charge in [0.2, 0.25) is 5.88 Å². The van der Waals surface area contributed by atoms with Crippen molar-refractivity contribution in [3.8, 4) is 28.9 Å². The predicted octanol–water partition coefficient (Wildman–Crippen LogP) is 6.33. The summed E-state index contributed by atoms with van der Waals surface area (Å²) in [5.74, 6) is -0.961. The smallest absolute Gasteiger partial charge is 0.319 e. The van der Waals surface area contributed by atoms with Crippen LogP contribution in [-0.2, 0) is 0 Å². The molecule has 49 heavy (non-hydrogen) atoms. The van der Waals surface area contributed by atoms with Crippen LogP contribution in [0, 0.1) is 11.6 Å². The zero-order valence-electron chi connectivity index (χ0n) is 26.8. The van der Waals surface area contributed by atoms with Gasteiger partial charge in [-0.15, -0.1) is 0 Å². The summed E-state index contributed by atoms with van der Waals surface area (Å²) in [6.45, 7) is 7.41. The number of rotatable bonds is 5. The Kier molecular flexibility index (Phi) is 6.87. The highest BCUT2D eigenvalue weighted by atomic mass is 19.3. The minimum absolute atomic E-state index is 0.0618. The number of benzene rings is 2. The van der Waals surface area contributed by atoms with Gasteiger partial charge in [0.1, 0.15) is 47.2 Å². The third kappa shape index (κ3) is 4.68. The van der Waals surface area contributed by atoms with Crippen molar-refractivity contribution < 1.29 is 32.1 Å². The number of halogens is 4. The highest BCUT2D eigenvalue weighted by molar-refractivity contribution is 6.06. The standard InChI is InChI=1S/C36H34F4N6O3/c1-17(2)26-23(37)6-4-18-10-21(47)11-22(27(18)26)30-29(38)31-28-33(46-14-20-5-7-24(41-20)25(46)15-48-34(28)42-30)44-35(43-31)49-16-36-8-3-9-45(36)13-19(12-36)32(39)40/h4,6,10-11,20,24-25,41,47H,1,3,5,7-9,12-16H2,2H3/t20-,24+,25?,36?/m0/s1. The normalized spacial score (nSPS) is 25.8. The lowest BCUT2D eigenvalue weighted by Crippen LogP contribution is -2.60. The molecule has 7 heterocycles. The Morgan fingerprint density at radius 1 is 1.16 bits per heavy atom. The molecule has 9 nitrogen and oxygen atoms in total. The molecule has 13 heteroatoms. The molecule has 2 aromatic carbocycles. The van der Waals surface area contributed by atoms with Crippen LogP contribution >= 0.6 is 0 Å². The van der Waals surface area contributed by atoms with E-state index in [1.807, 2.05) is 4.90 Å². The molecule has 2 unspecified atom stereocenters. The maximum absolute atomic E-state index is 17.2. The monoisotopic (exact) mass is 674 g/mol. The molecule has 4 aromatic rings. The molecule has 0 aliphatic carbocycles. The first-order chi connectivity index (χ1) is 23.6. The second-order valence-electron chi connectivity index (χ2n) is 14.1. The number of ether oxygens (including phenoxy) is 2. The first-order valence-corrected chi connectivity index (χ1v) is 16.7. The molecule has 4 atom stereocenters. The Hall–Kier alpha value is -4.49. The average Bonchev–Trinajstić information content (AvgIpc) is 3.73. The molecule has 4 fully saturated rings. The van der Waals surface area contributed by atoms with Crippen LogP contribution in [0.15, 0.2) is 42.5 Å². The van der Waals surface area contributed by atoms with E-state index in [1.165, 1.54) is 24.3 Å². The fraction of sp³-hybridized carbons (Fsp3) is 0.417. The van der Waals surface area contributed by atoms with E-state index < -0.39 is 23.3 Å². The molecule has 2 N–H and O–H groups in total. The number of phenols is 1. The minimum atomic E-state index is -1.65. The fourth-order valence-corrected chi connectivity index (χ4v) is 8.85. The van der Waals surface area contributed by atoms with Crippen molar-refractivity contribution in [2.24, 2.45) is 0 Å². The number of hydrogen-bond donors (Lipinski definition) is 2. The fourth-order valence-electron chi connectivity index (χ4n) is 8.85. The molecule has 0 spiro atoms. The van der Waals surface area contributed by atoms with Crippen LogP contribution in [0.1, 0.15) is 44.6 Å². The van der Waals surface area contributed by atoms with Crippen molar-refractivity contribution in [2.45, 2.75) is 62.7 Å². The summed E-state index contributed by atoms with van der Waals surface area (Å²) < 4.78 is 72.5. The highest BCUT2D eigenvalue weighted by Gasteiger charge is 2.49.